The van der Waals surface area contributed by atoms with Crippen LogP contribution in [0.4, 0.5) is 13.2 Å². The van der Waals surface area contributed by atoms with E-state index in [9.17, 15) is 18.0 Å². The topological polar surface area (TPSA) is 53.9 Å². The summed E-state index contributed by atoms with van der Waals surface area (Å²) in [6, 6.07) is 5.22. The van der Waals surface area contributed by atoms with Gasteiger partial charge in [-0.3, -0.25) is 9.89 Å². The van der Waals surface area contributed by atoms with Crippen molar-refractivity contribution in [3.63, 3.8) is 0 Å². The Kier molecular flexibility index (Phi) is 6.13. The lowest BCUT2D eigenvalue weighted by Crippen LogP contribution is -2.47. The first-order valence-electron chi connectivity index (χ1n) is 10.1. The van der Waals surface area contributed by atoms with Gasteiger partial charge in [0.15, 0.2) is 4.77 Å². The van der Waals surface area contributed by atoms with Crippen LogP contribution in [0.1, 0.15) is 69.4 Å². The molecular formula is C21H27F3N4OS. The maximum atomic E-state index is 13.2. The number of hydrogen-bond acceptors (Lipinski definition) is 3. The molecule has 0 bridgehead atoms. The number of alkyl halides is 3. The normalized spacial score (nSPS) is 16.3. The number of likely N-dealkylation sites (tertiary alicyclic amines) is 1. The summed E-state index contributed by atoms with van der Waals surface area (Å²) in [7, 11) is 0. The third-order valence-electron chi connectivity index (χ3n) is 5.84. The Hall–Kier alpha value is -2.16. The molecule has 9 heteroatoms. The van der Waals surface area contributed by atoms with Gasteiger partial charge in [-0.15, -0.1) is 0 Å². The first-order valence-corrected chi connectivity index (χ1v) is 10.5. The molecule has 1 N–H and O–H groups in total. The molecule has 1 fully saturated rings. The van der Waals surface area contributed by atoms with Gasteiger partial charge < -0.3 is 9.47 Å². The van der Waals surface area contributed by atoms with Gasteiger partial charge in [0.25, 0.3) is 0 Å². The predicted octanol–water partition coefficient (Wildman–Crippen LogP) is 5.22. The van der Waals surface area contributed by atoms with E-state index in [1.807, 2.05) is 18.4 Å². The fourth-order valence-corrected chi connectivity index (χ4v) is 4.40. The number of rotatable bonds is 4. The average Bonchev–Trinajstić information content (AvgIpc) is 3.08. The predicted molar refractivity (Wildman–Crippen MR) is 111 cm³/mol. The zero-order valence-corrected chi connectivity index (χ0v) is 18.4. The Balaban J connectivity index is 1.74. The van der Waals surface area contributed by atoms with Crippen molar-refractivity contribution in [2.75, 3.05) is 13.1 Å². The number of nitrogens with zero attached hydrogens (tertiary/aromatic N) is 3. The van der Waals surface area contributed by atoms with E-state index in [4.69, 9.17) is 12.2 Å². The molecule has 0 radical (unpaired) electrons. The van der Waals surface area contributed by atoms with Gasteiger partial charge in [-0.1, -0.05) is 18.2 Å². The van der Waals surface area contributed by atoms with Crippen molar-refractivity contribution >= 4 is 18.1 Å². The summed E-state index contributed by atoms with van der Waals surface area (Å²) < 4.78 is 41.9. The molecule has 1 saturated heterocycles. The molecule has 1 amide bonds. The summed E-state index contributed by atoms with van der Waals surface area (Å²) in [4.78, 5) is 15.0. The van der Waals surface area contributed by atoms with Gasteiger partial charge in [0.05, 0.1) is 11.0 Å². The van der Waals surface area contributed by atoms with Crippen molar-refractivity contribution in [3.8, 4) is 0 Å². The van der Waals surface area contributed by atoms with E-state index >= 15 is 0 Å². The molecule has 5 nitrogen and oxygen atoms in total. The maximum Gasteiger partial charge on any atom is 0.416 e. The molecule has 164 valence electrons. The molecule has 0 unspecified atom stereocenters. The quantitative estimate of drug-likeness (QED) is 0.663. The van der Waals surface area contributed by atoms with Crippen LogP contribution in [0.15, 0.2) is 24.3 Å². The standard InChI is InChI=1S/C21H27F3N4OS/c1-13(2)28-17(25-26-19(28)30)14-8-10-27(11-9-14)18(29)20(3,4)15-6-5-7-16(12-15)21(22,23)24/h5-7,12-14H,8-11H2,1-4H3,(H,26,30). The van der Waals surface area contributed by atoms with Crippen LogP contribution in [0.3, 0.4) is 0 Å². The largest absolute Gasteiger partial charge is 0.416 e. The lowest BCUT2D eigenvalue weighted by atomic mass is 9.81. The number of nitrogens with one attached hydrogen (secondary N) is 1. The van der Waals surface area contributed by atoms with Crippen LogP contribution in [0.25, 0.3) is 0 Å². The third kappa shape index (κ3) is 4.31. The molecule has 2 aromatic rings. The number of aromatic nitrogens is 3. The molecular weight excluding hydrogens is 413 g/mol. The second-order valence-corrected chi connectivity index (χ2v) is 9.01. The molecule has 0 aliphatic carbocycles. The first-order chi connectivity index (χ1) is 13.9. The Labute approximate surface area is 179 Å². The lowest BCUT2D eigenvalue weighted by Gasteiger charge is -2.37. The van der Waals surface area contributed by atoms with Gasteiger partial charge in [0.2, 0.25) is 5.91 Å². The van der Waals surface area contributed by atoms with Gasteiger partial charge in [-0.05, 0) is 64.4 Å². The van der Waals surface area contributed by atoms with Crippen LogP contribution < -0.4 is 0 Å². The van der Waals surface area contributed by atoms with Crippen molar-refractivity contribution in [1.82, 2.24) is 19.7 Å². The first kappa shape index (κ1) is 22.5. The summed E-state index contributed by atoms with van der Waals surface area (Å²) >= 11 is 5.32. The summed E-state index contributed by atoms with van der Waals surface area (Å²) in [5.41, 5.74) is -1.42. The van der Waals surface area contributed by atoms with Crippen LogP contribution >= 0.6 is 12.2 Å². The van der Waals surface area contributed by atoms with E-state index in [2.05, 4.69) is 10.2 Å². The molecule has 3 rings (SSSR count). The van der Waals surface area contributed by atoms with Crippen molar-refractivity contribution in [1.29, 1.82) is 0 Å². The Morgan fingerprint density at radius 3 is 2.37 bits per heavy atom. The highest BCUT2D eigenvalue weighted by molar-refractivity contribution is 7.71. The summed E-state index contributed by atoms with van der Waals surface area (Å²) in [6.45, 7) is 8.52. The van der Waals surface area contributed by atoms with Crippen molar-refractivity contribution in [3.05, 3.63) is 46.0 Å². The van der Waals surface area contributed by atoms with Crippen LogP contribution in [0, 0.1) is 4.77 Å². The number of aromatic amines is 1. The second-order valence-electron chi connectivity index (χ2n) is 8.62. The van der Waals surface area contributed by atoms with E-state index in [-0.39, 0.29) is 17.9 Å². The Morgan fingerprint density at radius 2 is 1.80 bits per heavy atom. The summed E-state index contributed by atoms with van der Waals surface area (Å²) in [6.07, 6.45) is -2.97. The lowest BCUT2D eigenvalue weighted by molar-refractivity contribution is -0.139. The fraction of sp³-hybridized carbons (Fsp3) is 0.571. The number of piperidine rings is 1. The molecule has 1 aliphatic heterocycles. The number of carbonyl (C=O) groups excluding carboxylic acids is 1. The number of halogens is 3. The van der Waals surface area contributed by atoms with Gasteiger partial charge in [-0.2, -0.15) is 18.3 Å². The summed E-state index contributed by atoms with van der Waals surface area (Å²) in [5, 5.41) is 7.25. The zero-order valence-electron chi connectivity index (χ0n) is 17.6. The molecule has 0 spiro atoms. The second kappa shape index (κ2) is 8.17. The molecule has 30 heavy (non-hydrogen) atoms. The number of benzene rings is 1. The highest BCUT2D eigenvalue weighted by Crippen LogP contribution is 2.35. The highest BCUT2D eigenvalue weighted by Gasteiger charge is 2.38. The maximum absolute atomic E-state index is 13.2. The van der Waals surface area contributed by atoms with Crippen molar-refractivity contribution in [2.24, 2.45) is 0 Å². The van der Waals surface area contributed by atoms with E-state index in [0.29, 0.717) is 23.4 Å². The van der Waals surface area contributed by atoms with E-state index < -0.39 is 17.2 Å². The van der Waals surface area contributed by atoms with Gasteiger partial charge in [0.1, 0.15) is 5.82 Å². The highest BCUT2D eigenvalue weighted by atomic mass is 32.1. The molecule has 1 aromatic heterocycles. The van der Waals surface area contributed by atoms with Crippen molar-refractivity contribution in [2.45, 2.75) is 64.1 Å². The van der Waals surface area contributed by atoms with Crippen molar-refractivity contribution < 1.29 is 18.0 Å². The van der Waals surface area contributed by atoms with Gasteiger partial charge >= 0.3 is 6.18 Å². The molecule has 1 aliphatic rings. The third-order valence-corrected chi connectivity index (χ3v) is 6.13. The number of hydrogen-bond donors (Lipinski definition) is 1. The minimum absolute atomic E-state index is 0.164. The zero-order chi connectivity index (χ0) is 22.3. The summed E-state index contributed by atoms with van der Waals surface area (Å²) in [5.74, 6) is 0.920. The van der Waals surface area contributed by atoms with Crippen LogP contribution in [-0.2, 0) is 16.4 Å². The van der Waals surface area contributed by atoms with Gasteiger partial charge in [0, 0.05) is 25.0 Å². The molecule has 0 atom stereocenters. The number of carbonyl (C=O) groups is 1. The minimum Gasteiger partial charge on any atom is -0.342 e. The Morgan fingerprint density at radius 1 is 1.20 bits per heavy atom. The van der Waals surface area contributed by atoms with E-state index in [1.54, 1.807) is 24.8 Å². The number of H-pyrrole nitrogens is 1. The minimum atomic E-state index is -4.44. The molecule has 0 saturated carbocycles. The van der Waals surface area contributed by atoms with Crippen LogP contribution in [0.5, 0.6) is 0 Å². The van der Waals surface area contributed by atoms with E-state index in [1.165, 1.54) is 6.07 Å². The molecule has 1 aromatic carbocycles. The fourth-order valence-electron chi connectivity index (χ4n) is 4.05. The molecule has 2 heterocycles. The van der Waals surface area contributed by atoms with Crippen LogP contribution in [-0.4, -0.2) is 38.7 Å². The van der Waals surface area contributed by atoms with E-state index in [0.717, 1.165) is 30.8 Å². The smallest absolute Gasteiger partial charge is 0.342 e. The SMILES string of the molecule is CC(C)n1c(C2CCN(C(=O)C(C)(C)c3cccc(C(F)(F)F)c3)CC2)n[nH]c1=S. The number of amides is 1. The monoisotopic (exact) mass is 440 g/mol. The van der Waals surface area contributed by atoms with Gasteiger partial charge in [-0.25, -0.2) is 0 Å². The Bertz CT molecular complexity index is 969. The van der Waals surface area contributed by atoms with Crippen LogP contribution in [0.2, 0.25) is 0 Å². The average molecular weight is 441 g/mol.